The van der Waals surface area contributed by atoms with Crippen LogP contribution >= 0.6 is 11.8 Å². The fourth-order valence-corrected chi connectivity index (χ4v) is 2.02. The largest absolute Gasteiger partial charge is 0.508 e. The third-order valence-corrected chi connectivity index (χ3v) is 2.97. The number of aromatic hydroxyl groups is 1. The average Bonchev–Trinajstić information content (AvgIpc) is 2.51. The molecule has 0 aromatic heterocycles. The van der Waals surface area contributed by atoms with E-state index in [2.05, 4.69) is 5.32 Å². The first-order valence-electron chi connectivity index (χ1n) is 4.61. The Morgan fingerprint density at radius 2 is 2.12 bits per heavy atom. The van der Waals surface area contributed by atoms with Crippen LogP contribution in [0.1, 0.15) is 11.1 Å². The monoisotopic (exact) mass is 235 g/mol. The number of aryl methyl sites for hydroxylation is 1. The van der Waals surface area contributed by atoms with Gasteiger partial charge in [-0.1, -0.05) is 6.07 Å². The molecule has 0 atom stereocenters. The Labute approximate surface area is 96.4 Å². The maximum atomic E-state index is 11.3. The number of amides is 2. The fourth-order valence-electron chi connectivity index (χ4n) is 1.34. The zero-order chi connectivity index (χ0) is 11.7. The number of phenols is 1. The van der Waals surface area contributed by atoms with E-state index in [0.717, 1.165) is 22.9 Å². The number of carbonyl (C=O) groups is 2. The molecular formula is C11H9NO3S. The first-order valence-corrected chi connectivity index (χ1v) is 5.42. The van der Waals surface area contributed by atoms with E-state index in [1.807, 2.05) is 0 Å². The number of thioether (sulfide) groups is 1. The molecule has 1 aromatic carbocycles. The van der Waals surface area contributed by atoms with Gasteiger partial charge in [0.2, 0.25) is 0 Å². The maximum absolute atomic E-state index is 11.3. The number of hydrogen-bond donors (Lipinski definition) is 2. The second-order valence-electron chi connectivity index (χ2n) is 3.40. The molecule has 1 aliphatic rings. The summed E-state index contributed by atoms with van der Waals surface area (Å²) in [6.45, 7) is 1.77. The molecule has 1 fully saturated rings. The molecule has 0 radical (unpaired) electrons. The van der Waals surface area contributed by atoms with Crippen LogP contribution in [0, 0.1) is 6.92 Å². The molecule has 0 saturated carbocycles. The summed E-state index contributed by atoms with van der Waals surface area (Å²) in [6.07, 6.45) is 1.62. The van der Waals surface area contributed by atoms with Crippen LogP contribution in [0.5, 0.6) is 5.75 Å². The van der Waals surface area contributed by atoms with Gasteiger partial charge in [0, 0.05) is 0 Å². The lowest BCUT2D eigenvalue weighted by molar-refractivity contribution is -0.115. The highest BCUT2D eigenvalue weighted by molar-refractivity contribution is 8.18. The zero-order valence-corrected chi connectivity index (χ0v) is 9.30. The standard InChI is InChI=1S/C11H9NO3S/c1-6-4-7(2-3-8(6)13)5-9-10(14)12-11(15)16-9/h2-5,13H,1H3,(H,12,14,15). The van der Waals surface area contributed by atoms with E-state index in [9.17, 15) is 14.7 Å². The van der Waals surface area contributed by atoms with Gasteiger partial charge in [-0.2, -0.15) is 0 Å². The topological polar surface area (TPSA) is 66.4 Å². The van der Waals surface area contributed by atoms with E-state index in [0.29, 0.717) is 4.91 Å². The van der Waals surface area contributed by atoms with Gasteiger partial charge in [0.15, 0.2) is 0 Å². The number of nitrogens with one attached hydrogen (secondary N) is 1. The van der Waals surface area contributed by atoms with Crippen molar-refractivity contribution in [2.24, 2.45) is 0 Å². The van der Waals surface area contributed by atoms with E-state index in [-0.39, 0.29) is 16.9 Å². The van der Waals surface area contributed by atoms with Crippen LogP contribution < -0.4 is 5.32 Å². The lowest BCUT2D eigenvalue weighted by Crippen LogP contribution is -2.17. The van der Waals surface area contributed by atoms with Crippen LogP contribution in [0.4, 0.5) is 4.79 Å². The Kier molecular flexibility index (Phi) is 2.70. The smallest absolute Gasteiger partial charge is 0.290 e. The van der Waals surface area contributed by atoms with Crippen LogP contribution in [0.15, 0.2) is 23.1 Å². The molecule has 0 aliphatic carbocycles. The van der Waals surface area contributed by atoms with Gasteiger partial charge in [-0.05, 0) is 48.0 Å². The number of imide groups is 1. The second kappa shape index (κ2) is 4.02. The Hall–Kier alpha value is -1.75. The van der Waals surface area contributed by atoms with Gasteiger partial charge in [0.1, 0.15) is 5.75 Å². The molecule has 2 amide bonds. The minimum atomic E-state index is -0.374. The molecule has 1 aliphatic heterocycles. The quantitative estimate of drug-likeness (QED) is 0.731. The van der Waals surface area contributed by atoms with Crippen LogP contribution in [0.25, 0.3) is 6.08 Å². The van der Waals surface area contributed by atoms with Gasteiger partial charge >= 0.3 is 0 Å². The van der Waals surface area contributed by atoms with Gasteiger partial charge < -0.3 is 5.11 Å². The summed E-state index contributed by atoms with van der Waals surface area (Å²) in [5.41, 5.74) is 1.51. The summed E-state index contributed by atoms with van der Waals surface area (Å²) in [5, 5.41) is 11.2. The summed E-state index contributed by atoms with van der Waals surface area (Å²) in [4.78, 5) is 22.6. The Balaban J connectivity index is 2.32. The van der Waals surface area contributed by atoms with Crippen molar-refractivity contribution in [2.45, 2.75) is 6.92 Å². The number of hydrogen-bond acceptors (Lipinski definition) is 4. The molecule has 1 aromatic rings. The Bertz CT molecular complexity index is 508. The normalized spacial score (nSPS) is 17.9. The molecule has 16 heavy (non-hydrogen) atoms. The lowest BCUT2D eigenvalue weighted by atomic mass is 10.1. The number of phenolic OH excluding ortho intramolecular Hbond substituents is 1. The van der Waals surface area contributed by atoms with Crippen molar-refractivity contribution in [3.05, 3.63) is 34.2 Å². The van der Waals surface area contributed by atoms with E-state index in [4.69, 9.17) is 0 Å². The predicted octanol–water partition coefficient (Wildman–Crippen LogP) is 2.02. The molecule has 5 heteroatoms. The average molecular weight is 235 g/mol. The first kappa shape index (κ1) is 10.8. The van der Waals surface area contributed by atoms with Crippen molar-refractivity contribution in [3.63, 3.8) is 0 Å². The Morgan fingerprint density at radius 3 is 2.69 bits per heavy atom. The van der Waals surface area contributed by atoms with Crippen molar-refractivity contribution >= 4 is 29.0 Å². The number of rotatable bonds is 1. The molecule has 2 N–H and O–H groups in total. The number of benzene rings is 1. The first-order chi connectivity index (χ1) is 7.56. The van der Waals surface area contributed by atoms with Crippen molar-refractivity contribution in [1.82, 2.24) is 5.32 Å². The third kappa shape index (κ3) is 2.09. The van der Waals surface area contributed by atoms with Crippen molar-refractivity contribution < 1.29 is 14.7 Å². The van der Waals surface area contributed by atoms with Crippen LogP contribution in [0.3, 0.4) is 0 Å². The van der Waals surface area contributed by atoms with E-state index < -0.39 is 0 Å². The molecule has 82 valence electrons. The summed E-state index contributed by atoms with van der Waals surface area (Å²) in [7, 11) is 0. The van der Waals surface area contributed by atoms with Crippen molar-refractivity contribution in [1.29, 1.82) is 0 Å². The number of carbonyl (C=O) groups excluding carboxylic acids is 2. The third-order valence-electron chi connectivity index (χ3n) is 2.16. The molecule has 2 rings (SSSR count). The van der Waals surface area contributed by atoms with Gasteiger partial charge in [-0.15, -0.1) is 0 Å². The molecule has 0 bridgehead atoms. The molecule has 0 unspecified atom stereocenters. The maximum Gasteiger partial charge on any atom is 0.290 e. The summed E-state index contributed by atoms with van der Waals surface area (Å²) in [5.74, 6) is -0.164. The van der Waals surface area contributed by atoms with Gasteiger partial charge in [0.05, 0.1) is 4.91 Å². The Morgan fingerprint density at radius 1 is 1.38 bits per heavy atom. The molecule has 0 spiro atoms. The SMILES string of the molecule is Cc1cc(C=C2SC(=O)NC2=O)ccc1O. The molecule has 4 nitrogen and oxygen atoms in total. The zero-order valence-electron chi connectivity index (χ0n) is 8.48. The van der Waals surface area contributed by atoms with Crippen LogP contribution in [-0.2, 0) is 4.79 Å². The van der Waals surface area contributed by atoms with Gasteiger partial charge in [-0.3, -0.25) is 14.9 Å². The van der Waals surface area contributed by atoms with Crippen LogP contribution in [0.2, 0.25) is 0 Å². The highest BCUT2D eigenvalue weighted by Gasteiger charge is 2.24. The fraction of sp³-hybridized carbons (Fsp3) is 0.0909. The molecular weight excluding hydrogens is 226 g/mol. The summed E-state index contributed by atoms with van der Waals surface area (Å²) >= 11 is 0.878. The highest BCUT2D eigenvalue weighted by atomic mass is 32.2. The van der Waals surface area contributed by atoms with E-state index >= 15 is 0 Å². The van der Waals surface area contributed by atoms with E-state index in [1.165, 1.54) is 0 Å². The van der Waals surface area contributed by atoms with Crippen molar-refractivity contribution in [2.75, 3.05) is 0 Å². The molecule has 1 saturated heterocycles. The van der Waals surface area contributed by atoms with Gasteiger partial charge in [0.25, 0.3) is 11.1 Å². The van der Waals surface area contributed by atoms with Crippen molar-refractivity contribution in [3.8, 4) is 5.75 Å². The lowest BCUT2D eigenvalue weighted by Gasteiger charge is -2.00. The van der Waals surface area contributed by atoms with Crippen LogP contribution in [-0.4, -0.2) is 16.3 Å². The minimum absolute atomic E-state index is 0.210. The van der Waals surface area contributed by atoms with Gasteiger partial charge in [-0.25, -0.2) is 0 Å². The second-order valence-corrected chi connectivity index (χ2v) is 4.41. The molecule has 1 heterocycles. The summed E-state index contributed by atoms with van der Waals surface area (Å²) in [6, 6.07) is 4.99. The minimum Gasteiger partial charge on any atom is -0.508 e. The van der Waals surface area contributed by atoms with E-state index in [1.54, 1.807) is 31.2 Å². The predicted molar refractivity (Wildman–Crippen MR) is 62.0 cm³/mol. The highest BCUT2D eigenvalue weighted by Crippen LogP contribution is 2.26. The summed E-state index contributed by atoms with van der Waals surface area (Å²) < 4.78 is 0.